The number of benzene rings is 1. The summed E-state index contributed by atoms with van der Waals surface area (Å²) in [5, 5.41) is -4.08. The lowest BCUT2D eigenvalue weighted by atomic mass is 10.2. The van der Waals surface area contributed by atoms with Crippen LogP contribution in [-0.4, -0.2) is 8.42 Å². The van der Waals surface area contributed by atoms with Crippen molar-refractivity contribution in [2.24, 2.45) is 0 Å². The minimum atomic E-state index is -4.77. The molecule has 0 aromatic heterocycles. The molecule has 77 valence electrons. The van der Waals surface area contributed by atoms with Crippen molar-refractivity contribution in [2.75, 3.05) is 0 Å². The molecule has 0 fully saturated rings. The summed E-state index contributed by atoms with van der Waals surface area (Å²) in [6.45, 7) is 0. The molecule has 6 heteroatoms. The van der Waals surface area contributed by atoms with Crippen LogP contribution in [-0.2, 0) is 15.1 Å². The van der Waals surface area contributed by atoms with E-state index in [9.17, 15) is 21.6 Å². The molecule has 1 rings (SSSR count). The number of alkyl halides is 2. The van der Waals surface area contributed by atoms with Crippen LogP contribution in [0.15, 0.2) is 24.3 Å². The van der Waals surface area contributed by atoms with Gasteiger partial charge in [-0.2, -0.15) is 8.78 Å². The van der Waals surface area contributed by atoms with Crippen LogP contribution in [0.1, 0.15) is 5.56 Å². The summed E-state index contributed by atoms with van der Waals surface area (Å²) in [4.78, 5) is 0. The van der Waals surface area contributed by atoms with Crippen molar-refractivity contribution in [2.45, 2.75) is 5.25 Å². The fraction of sp³-hybridized carbons (Fsp3) is 0.125. The second-order valence-electron chi connectivity index (χ2n) is 2.64. The highest BCUT2D eigenvalue weighted by Crippen LogP contribution is 2.33. The van der Waals surface area contributed by atoms with Crippen LogP contribution in [0.25, 0.3) is 0 Å². The van der Waals surface area contributed by atoms with Gasteiger partial charge < -0.3 is 0 Å². The van der Waals surface area contributed by atoms with Gasteiger partial charge in [-0.05, 0) is 24.3 Å². The molecule has 0 bridgehead atoms. The molecule has 14 heavy (non-hydrogen) atoms. The zero-order valence-corrected chi connectivity index (χ0v) is 7.69. The van der Waals surface area contributed by atoms with Gasteiger partial charge in [0, 0.05) is 5.56 Å². The van der Waals surface area contributed by atoms with Gasteiger partial charge in [0.2, 0.25) is 9.84 Å². The highest BCUT2D eigenvalue weighted by atomic mass is 32.2. The molecule has 1 aromatic carbocycles. The molecule has 2 nitrogen and oxygen atoms in total. The number of rotatable bonds is 2. The lowest BCUT2D eigenvalue weighted by Gasteiger charge is -2.13. The van der Waals surface area contributed by atoms with Crippen LogP contribution in [0.3, 0.4) is 0 Å². The van der Waals surface area contributed by atoms with E-state index in [0.29, 0.717) is 12.1 Å². The average molecular weight is 223 g/mol. The zero-order valence-electron chi connectivity index (χ0n) is 6.88. The predicted molar refractivity (Wildman–Crippen MR) is 44.6 cm³/mol. The summed E-state index contributed by atoms with van der Waals surface area (Å²) in [5.41, 5.74) is -0.797. The van der Waals surface area contributed by atoms with Crippen LogP contribution >= 0.6 is 0 Å². The molecule has 0 aliphatic rings. The molecule has 0 saturated carbocycles. The molecule has 0 N–H and O–H groups in total. The van der Waals surface area contributed by atoms with E-state index >= 15 is 0 Å². The lowest BCUT2D eigenvalue weighted by Crippen LogP contribution is -2.23. The number of sulfone groups is 1. The Kier molecular flexibility index (Phi) is 2.58. The molecule has 0 aliphatic heterocycles. The van der Waals surface area contributed by atoms with Crippen molar-refractivity contribution >= 4 is 9.84 Å². The minimum Gasteiger partial charge on any atom is -0.222 e. The Balaban J connectivity index is 3.24. The van der Waals surface area contributed by atoms with Gasteiger partial charge in [0.25, 0.3) is 0 Å². The molecule has 1 radical (unpaired) electrons. The van der Waals surface area contributed by atoms with E-state index in [0.717, 1.165) is 12.1 Å². The van der Waals surface area contributed by atoms with Crippen molar-refractivity contribution < 1.29 is 21.6 Å². The molecule has 1 aromatic rings. The summed E-state index contributed by atoms with van der Waals surface area (Å²) in [6.07, 6.45) is 2.37. The molecule has 0 unspecified atom stereocenters. The maximum Gasteiger partial charge on any atom is 0.370 e. The minimum absolute atomic E-state index is 0.706. The quantitative estimate of drug-likeness (QED) is 0.769. The lowest BCUT2D eigenvalue weighted by molar-refractivity contribution is 0.0921. The Morgan fingerprint density at radius 3 is 1.93 bits per heavy atom. The normalized spacial score (nSPS) is 12.9. The highest BCUT2D eigenvalue weighted by molar-refractivity contribution is 7.93. The molecule has 0 amide bonds. The summed E-state index contributed by atoms with van der Waals surface area (Å²) >= 11 is 0. The van der Waals surface area contributed by atoms with Gasteiger partial charge in [0.05, 0.1) is 6.26 Å². The van der Waals surface area contributed by atoms with Crippen LogP contribution in [0, 0.1) is 12.1 Å². The molecular weight excluding hydrogens is 217 g/mol. The summed E-state index contributed by atoms with van der Waals surface area (Å²) in [7, 11) is -4.77. The van der Waals surface area contributed by atoms with E-state index in [1.165, 1.54) is 0 Å². The Bertz CT molecular complexity index is 422. The number of hydrogen-bond acceptors (Lipinski definition) is 2. The molecule has 0 spiro atoms. The third-order valence-corrected chi connectivity index (χ3v) is 2.59. The third-order valence-electron chi connectivity index (χ3n) is 1.57. The Morgan fingerprint density at radius 2 is 1.57 bits per heavy atom. The highest BCUT2D eigenvalue weighted by Gasteiger charge is 2.43. The fourth-order valence-electron chi connectivity index (χ4n) is 0.823. The van der Waals surface area contributed by atoms with Crippen molar-refractivity contribution in [1.82, 2.24) is 0 Å². The van der Waals surface area contributed by atoms with Gasteiger partial charge >= 0.3 is 5.25 Å². The predicted octanol–water partition coefficient (Wildman–Crippen LogP) is 2.08. The SMILES string of the molecule is [CH2]S(=O)(=O)C(F)(F)c1ccc(F)cc1. The van der Waals surface area contributed by atoms with Gasteiger partial charge in [-0.15, -0.1) is 0 Å². The Labute approximate surface area is 79.3 Å². The van der Waals surface area contributed by atoms with Crippen molar-refractivity contribution in [3.05, 3.63) is 41.9 Å². The second-order valence-corrected chi connectivity index (χ2v) is 4.38. The van der Waals surface area contributed by atoms with Gasteiger partial charge in [-0.3, -0.25) is 0 Å². The third kappa shape index (κ3) is 1.89. The molecule has 0 atom stereocenters. The van der Waals surface area contributed by atoms with Gasteiger partial charge in [-0.1, -0.05) is 0 Å². The molecule has 0 heterocycles. The van der Waals surface area contributed by atoms with Gasteiger partial charge in [0.1, 0.15) is 5.82 Å². The second kappa shape index (κ2) is 3.27. The van der Waals surface area contributed by atoms with Crippen LogP contribution in [0.4, 0.5) is 13.2 Å². The fourth-order valence-corrected chi connectivity index (χ4v) is 1.32. The van der Waals surface area contributed by atoms with E-state index in [2.05, 4.69) is 6.26 Å². The maximum atomic E-state index is 13.0. The summed E-state index contributed by atoms with van der Waals surface area (Å²) in [5.74, 6) is -0.717. The molecule has 0 saturated heterocycles. The molecular formula is C8H6F3O2S. The standard InChI is InChI=1S/C8H6F3O2S/c1-14(12,13)8(10,11)6-2-4-7(9)5-3-6/h2-5H,1H2. The summed E-state index contributed by atoms with van der Waals surface area (Å²) < 4.78 is 59.6. The first-order valence-electron chi connectivity index (χ1n) is 3.46. The first-order valence-corrected chi connectivity index (χ1v) is 5.12. The number of hydrogen-bond donors (Lipinski definition) is 0. The van der Waals surface area contributed by atoms with Gasteiger partial charge in [-0.25, -0.2) is 12.8 Å². The summed E-state index contributed by atoms with van der Waals surface area (Å²) in [6, 6.07) is 2.93. The first kappa shape index (κ1) is 11.0. The van der Waals surface area contributed by atoms with Crippen LogP contribution in [0.5, 0.6) is 0 Å². The number of halogens is 3. The van der Waals surface area contributed by atoms with E-state index in [1.807, 2.05) is 0 Å². The van der Waals surface area contributed by atoms with Crippen LogP contribution < -0.4 is 0 Å². The van der Waals surface area contributed by atoms with Crippen molar-refractivity contribution in [3.63, 3.8) is 0 Å². The zero-order chi connectivity index (χ0) is 11.0. The largest absolute Gasteiger partial charge is 0.370 e. The Hall–Kier alpha value is -1.04. The van der Waals surface area contributed by atoms with Gasteiger partial charge in [0.15, 0.2) is 0 Å². The average Bonchev–Trinajstić information content (AvgIpc) is 2.03. The van der Waals surface area contributed by atoms with E-state index in [1.54, 1.807) is 0 Å². The smallest absolute Gasteiger partial charge is 0.222 e. The van der Waals surface area contributed by atoms with Crippen molar-refractivity contribution in [1.29, 1.82) is 0 Å². The van der Waals surface area contributed by atoms with Crippen LogP contribution in [0.2, 0.25) is 0 Å². The Morgan fingerprint density at radius 1 is 1.14 bits per heavy atom. The van der Waals surface area contributed by atoms with E-state index < -0.39 is 26.5 Å². The maximum absolute atomic E-state index is 13.0. The first-order chi connectivity index (χ1) is 6.25. The van der Waals surface area contributed by atoms with E-state index in [4.69, 9.17) is 0 Å². The molecule has 0 aliphatic carbocycles. The topological polar surface area (TPSA) is 34.1 Å². The monoisotopic (exact) mass is 223 g/mol. The van der Waals surface area contributed by atoms with E-state index in [-0.39, 0.29) is 0 Å². The van der Waals surface area contributed by atoms with Crippen molar-refractivity contribution in [3.8, 4) is 0 Å².